The van der Waals surface area contributed by atoms with Gasteiger partial charge in [-0.3, -0.25) is 0 Å². The lowest BCUT2D eigenvalue weighted by atomic mass is 10.1. The molecule has 27 heavy (non-hydrogen) atoms. The number of benzene rings is 3. The number of hydrogen-bond acceptors (Lipinski definition) is 2. The van der Waals surface area contributed by atoms with Crippen molar-refractivity contribution in [2.24, 2.45) is 4.99 Å². The van der Waals surface area contributed by atoms with E-state index in [-0.39, 0.29) is 10.8 Å². The monoisotopic (exact) mass is 399 g/mol. The highest BCUT2D eigenvalue weighted by molar-refractivity contribution is 8.02. The van der Waals surface area contributed by atoms with Gasteiger partial charge in [0.1, 0.15) is 11.6 Å². The first kappa shape index (κ1) is 19.3. The molecule has 136 valence electrons. The molecule has 0 heterocycles. The van der Waals surface area contributed by atoms with Crippen LogP contribution in [-0.2, 0) is 0 Å². The average molecular weight is 400 g/mol. The Morgan fingerprint density at radius 3 is 2.26 bits per heavy atom. The molecule has 0 fully saturated rings. The van der Waals surface area contributed by atoms with Gasteiger partial charge in [-0.15, -0.1) is 0 Å². The maximum absolute atomic E-state index is 13.4. The molecule has 1 nitrogen and oxygen atoms in total. The first-order valence-corrected chi connectivity index (χ1v) is 9.46. The molecule has 0 N–H and O–H groups in total. The first-order valence-electron chi connectivity index (χ1n) is 8.21. The molecule has 0 radical (unpaired) electrons. The molecule has 0 unspecified atom stereocenters. The normalized spacial score (nSPS) is 11.9. The van der Waals surface area contributed by atoms with Crippen LogP contribution in [0.15, 0.2) is 88.1 Å². The van der Waals surface area contributed by atoms with Crippen LogP contribution in [0.3, 0.4) is 0 Å². The highest BCUT2D eigenvalue weighted by atomic mass is 35.5. The zero-order chi connectivity index (χ0) is 19.2. The summed E-state index contributed by atoms with van der Waals surface area (Å²) in [7, 11) is 0. The number of allylic oxidation sites excluding steroid dienone is 1. The summed E-state index contributed by atoms with van der Waals surface area (Å²) in [4.78, 5) is 5.55. The van der Waals surface area contributed by atoms with E-state index in [2.05, 4.69) is 4.99 Å². The number of halogens is 3. The van der Waals surface area contributed by atoms with Gasteiger partial charge in [-0.2, -0.15) is 0 Å². The summed E-state index contributed by atoms with van der Waals surface area (Å²) in [6.45, 7) is 2.00. The van der Waals surface area contributed by atoms with Crippen molar-refractivity contribution < 1.29 is 8.78 Å². The van der Waals surface area contributed by atoms with E-state index in [1.807, 2.05) is 42.7 Å². The second-order valence-corrected chi connectivity index (χ2v) is 7.22. The van der Waals surface area contributed by atoms with Crippen molar-refractivity contribution in [1.82, 2.24) is 0 Å². The van der Waals surface area contributed by atoms with Crippen LogP contribution in [0.25, 0.3) is 0 Å². The Kier molecular flexibility index (Phi) is 6.43. The van der Waals surface area contributed by atoms with Gasteiger partial charge in [0.05, 0.1) is 16.4 Å². The molecule has 3 aromatic carbocycles. The molecule has 3 rings (SSSR count). The van der Waals surface area contributed by atoms with Gasteiger partial charge in [0.15, 0.2) is 0 Å². The first-order chi connectivity index (χ1) is 13.0. The number of aliphatic imine (C=N–C) groups is 1. The number of thioether (sulfide) groups is 1. The average Bonchev–Trinajstić information content (AvgIpc) is 2.64. The molecule has 5 heteroatoms. The summed E-state index contributed by atoms with van der Waals surface area (Å²) in [5.41, 5.74) is 3.15. The Bertz CT molecular complexity index is 980. The summed E-state index contributed by atoms with van der Waals surface area (Å²) < 4.78 is 26.4. The van der Waals surface area contributed by atoms with Gasteiger partial charge in [0.25, 0.3) is 0 Å². The van der Waals surface area contributed by atoms with Crippen LogP contribution in [0.4, 0.5) is 14.5 Å². The third kappa shape index (κ3) is 5.52. The SMILES string of the molecule is Cc1ccc(N=C(/C=C/Sc2ccc(F)cc2)c2ccc(F)cc2Cl)cc1. The van der Waals surface area contributed by atoms with Crippen molar-refractivity contribution in [2.75, 3.05) is 0 Å². The van der Waals surface area contributed by atoms with Gasteiger partial charge in [0, 0.05) is 10.5 Å². The van der Waals surface area contributed by atoms with Crippen molar-refractivity contribution in [3.63, 3.8) is 0 Å². The van der Waals surface area contributed by atoms with E-state index < -0.39 is 5.82 Å². The van der Waals surface area contributed by atoms with Crippen LogP contribution < -0.4 is 0 Å². The van der Waals surface area contributed by atoms with Crippen molar-refractivity contribution in [2.45, 2.75) is 11.8 Å². The lowest BCUT2D eigenvalue weighted by Crippen LogP contribution is -1.98. The van der Waals surface area contributed by atoms with E-state index in [4.69, 9.17) is 11.6 Å². The smallest absolute Gasteiger partial charge is 0.124 e. The summed E-state index contributed by atoms with van der Waals surface area (Å²) in [5.74, 6) is -0.675. The molecular weight excluding hydrogens is 384 g/mol. The molecule has 0 saturated heterocycles. The minimum Gasteiger partial charge on any atom is -0.248 e. The Labute approximate surface area is 166 Å². The fraction of sp³-hybridized carbons (Fsp3) is 0.0455. The number of nitrogens with zero attached hydrogens (tertiary/aromatic N) is 1. The standard InChI is InChI=1S/C22H16ClF2NS/c1-15-2-7-18(8-3-15)26-22(20-11-6-17(25)14-21(20)23)12-13-27-19-9-4-16(24)5-10-19/h2-14H,1H3/b13-12+,26-22?. The number of aryl methyl sites for hydroxylation is 1. The third-order valence-corrected chi connectivity index (χ3v) is 4.86. The summed E-state index contributed by atoms with van der Waals surface area (Å²) >= 11 is 7.65. The van der Waals surface area contributed by atoms with Gasteiger partial charge < -0.3 is 0 Å². The maximum atomic E-state index is 13.4. The van der Waals surface area contributed by atoms with E-state index >= 15 is 0 Å². The van der Waals surface area contributed by atoms with Crippen molar-refractivity contribution in [1.29, 1.82) is 0 Å². The Hall–Kier alpha value is -2.43. The van der Waals surface area contributed by atoms with E-state index in [0.29, 0.717) is 11.3 Å². The zero-order valence-corrected chi connectivity index (χ0v) is 16.1. The minimum absolute atomic E-state index is 0.275. The summed E-state index contributed by atoms with van der Waals surface area (Å²) in [6.07, 6.45) is 1.81. The molecule has 0 bridgehead atoms. The molecule has 0 aromatic heterocycles. The Balaban J connectivity index is 1.92. The summed E-state index contributed by atoms with van der Waals surface area (Å²) in [6, 6.07) is 18.2. The molecule has 0 aliphatic carbocycles. The van der Waals surface area contributed by atoms with Gasteiger partial charge in [-0.05, 0) is 73.0 Å². The number of rotatable bonds is 5. The number of hydrogen-bond donors (Lipinski definition) is 0. The highest BCUT2D eigenvalue weighted by Gasteiger charge is 2.08. The van der Waals surface area contributed by atoms with Crippen LogP contribution in [0.5, 0.6) is 0 Å². The van der Waals surface area contributed by atoms with Gasteiger partial charge in [-0.1, -0.05) is 41.1 Å². The van der Waals surface area contributed by atoms with Crippen LogP contribution in [0.1, 0.15) is 11.1 Å². The van der Waals surface area contributed by atoms with E-state index in [9.17, 15) is 8.78 Å². The van der Waals surface area contributed by atoms with Gasteiger partial charge in [-0.25, -0.2) is 13.8 Å². The second kappa shape index (κ2) is 8.98. The van der Waals surface area contributed by atoms with Gasteiger partial charge in [0.2, 0.25) is 0 Å². The predicted molar refractivity (Wildman–Crippen MR) is 110 cm³/mol. The molecule has 0 spiro atoms. The third-order valence-electron chi connectivity index (χ3n) is 3.73. The maximum Gasteiger partial charge on any atom is 0.124 e. The zero-order valence-electron chi connectivity index (χ0n) is 14.5. The minimum atomic E-state index is -0.400. The van der Waals surface area contributed by atoms with Gasteiger partial charge >= 0.3 is 0 Å². The molecule has 3 aromatic rings. The lowest BCUT2D eigenvalue weighted by molar-refractivity contribution is 0.626. The van der Waals surface area contributed by atoms with Crippen LogP contribution in [0.2, 0.25) is 5.02 Å². The largest absolute Gasteiger partial charge is 0.248 e. The molecule has 0 aliphatic heterocycles. The fourth-order valence-corrected chi connectivity index (χ4v) is 3.24. The van der Waals surface area contributed by atoms with E-state index in [1.54, 1.807) is 18.2 Å². The van der Waals surface area contributed by atoms with E-state index in [0.717, 1.165) is 16.1 Å². The lowest BCUT2D eigenvalue weighted by Gasteiger charge is -2.06. The Morgan fingerprint density at radius 1 is 0.926 bits per heavy atom. The van der Waals surface area contributed by atoms with Crippen LogP contribution in [0, 0.1) is 18.6 Å². The molecule has 0 amide bonds. The fourth-order valence-electron chi connectivity index (χ4n) is 2.33. The van der Waals surface area contributed by atoms with Crippen molar-refractivity contribution in [3.8, 4) is 0 Å². The molecule has 0 atom stereocenters. The topological polar surface area (TPSA) is 12.4 Å². The highest BCUT2D eigenvalue weighted by Crippen LogP contribution is 2.24. The van der Waals surface area contributed by atoms with Crippen LogP contribution >= 0.6 is 23.4 Å². The molecule has 0 aliphatic rings. The quantitative estimate of drug-likeness (QED) is 0.322. The van der Waals surface area contributed by atoms with Crippen molar-refractivity contribution in [3.05, 3.63) is 106 Å². The summed E-state index contributed by atoms with van der Waals surface area (Å²) in [5, 5.41) is 2.14. The van der Waals surface area contributed by atoms with Crippen LogP contribution in [-0.4, -0.2) is 5.71 Å². The second-order valence-electron chi connectivity index (χ2n) is 5.83. The van der Waals surface area contributed by atoms with E-state index in [1.165, 1.54) is 36.0 Å². The molecular formula is C22H16ClF2NS. The Morgan fingerprint density at radius 2 is 1.59 bits per heavy atom. The predicted octanol–water partition coefficient (Wildman–Crippen LogP) is 7.35. The molecule has 0 saturated carbocycles. The van der Waals surface area contributed by atoms with Crippen molar-refractivity contribution >= 4 is 34.8 Å².